The molecule has 0 radical (unpaired) electrons. The predicted octanol–water partition coefficient (Wildman–Crippen LogP) is 4.67. The second kappa shape index (κ2) is 6.57. The molecule has 23 heavy (non-hydrogen) atoms. The highest BCUT2D eigenvalue weighted by atomic mass is 16.1. The first-order valence-electron chi connectivity index (χ1n) is 8.54. The van der Waals surface area contributed by atoms with Crippen LogP contribution < -0.4 is 5.32 Å². The average molecular weight is 307 g/mol. The van der Waals surface area contributed by atoms with Crippen molar-refractivity contribution in [1.29, 1.82) is 0 Å². The summed E-state index contributed by atoms with van der Waals surface area (Å²) in [5.41, 5.74) is 7.23. The number of amides is 1. The van der Waals surface area contributed by atoms with Crippen molar-refractivity contribution in [3.8, 4) is 0 Å². The van der Waals surface area contributed by atoms with Gasteiger partial charge >= 0.3 is 0 Å². The van der Waals surface area contributed by atoms with Gasteiger partial charge in [-0.2, -0.15) is 0 Å². The van der Waals surface area contributed by atoms with Gasteiger partial charge in [-0.05, 0) is 86.4 Å². The molecule has 120 valence electrons. The molecule has 0 saturated heterocycles. The number of fused-ring (bicyclic) bond motifs is 1. The van der Waals surface area contributed by atoms with Gasteiger partial charge in [0.2, 0.25) is 0 Å². The van der Waals surface area contributed by atoms with Crippen LogP contribution in [-0.4, -0.2) is 5.91 Å². The molecule has 0 bridgehead atoms. The second-order valence-electron chi connectivity index (χ2n) is 6.73. The summed E-state index contributed by atoms with van der Waals surface area (Å²) in [7, 11) is 0. The Bertz CT molecular complexity index is 733. The van der Waals surface area contributed by atoms with Crippen LogP contribution in [0.25, 0.3) is 0 Å². The summed E-state index contributed by atoms with van der Waals surface area (Å²) in [6, 6.07) is 12.6. The number of nitrogens with one attached hydrogen (secondary N) is 1. The standard InChI is InChI=1S/C21H25NO/c1-14-8-9-20(12-15(14)2)21(23)22-16(3)18-11-10-17-6-4-5-7-19(17)13-18/h8-13,16H,4-7H2,1-3H3,(H,22,23)/t16-/m0/s1. The molecule has 2 nitrogen and oxygen atoms in total. The van der Waals surface area contributed by atoms with Crippen LogP contribution in [0.3, 0.4) is 0 Å². The Morgan fingerprint density at radius 1 is 0.957 bits per heavy atom. The van der Waals surface area contributed by atoms with E-state index in [4.69, 9.17) is 0 Å². The third kappa shape index (κ3) is 3.47. The molecule has 2 heteroatoms. The number of rotatable bonds is 3. The Hall–Kier alpha value is -2.09. The summed E-state index contributed by atoms with van der Waals surface area (Å²) in [5, 5.41) is 3.13. The molecule has 0 aliphatic heterocycles. The molecule has 0 fully saturated rings. The molecule has 0 saturated carbocycles. The van der Waals surface area contributed by atoms with E-state index in [0.29, 0.717) is 0 Å². The normalized spacial score (nSPS) is 14.9. The lowest BCUT2D eigenvalue weighted by molar-refractivity contribution is 0.0940. The topological polar surface area (TPSA) is 29.1 Å². The third-order valence-corrected chi connectivity index (χ3v) is 4.99. The minimum Gasteiger partial charge on any atom is -0.346 e. The van der Waals surface area contributed by atoms with Gasteiger partial charge in [-0.1, -0.05) is 24.3 Å². The maximum absolute atomic E-state index is 12.5. The summed E-state index contributed by atoms with van der Waals surface area (Å²) in [5.74, 6) is -0.00155. The Balaban J connectivity index is 1.74. The van der Waals surface area contributed by atoms with Crippen LogP contribution in [0, 0.1) is 13.8 Å². The maximum atomic E-state index is 12.5. The fourth-order valence-corrected chi connectivity index (χ4v) is 3.27. The van der Waals surface area contributed by atoms with E-state index in [9.17, 15) is 4.79 Å². The first-order valence-corrected chi connectivity index (χ1v) is 8.54. The molecule has 2 aromatic carbocycles. The minimum absolute atomic E-state index is 0.00155. The lowest BCUT2D eigenvalue weighted by Crippen LogP contribution is -2.27. The van der Waals surface area contributed by atoms with Gasteiger partial charge < -0.3 is 5.32 Å². The first kappa shape index (κ1) is 15.8. The highest BCUT2D eigenvalue weighted by Gasteiger charge is 2.15. The molecule has 0 heterocycles. The van der Waals surface area contributed by atoms with Crippen molar-refractivity contribution in [3.63, 3.8) is 0 Å². The highest BCUT2D eigenvalue weighted by molar-refractivity contribution is 5.94. The number of carbonyl (C=O) groups is 1. The highest BCUT2D eigenvalue weighted by Crippen LogP contribution is 2.25. The number of aryl methyl sites for hydroxylation is 4. The molecule has 1 amide bonds. The molecular formula is C21H25NO. The van der Waals surface area contributed by atoms with Crippen LogP contribution in [-0.2, 0) is 12.8 Å². The number of carbonyl (C=O) groups excluding carboxylic acids is 1. The quantitative estimate of drug-likeness (QED) is 0.877. The lowest BCUT2D eigenvalue weighted by Gasteiger charge is -2.20. The zero-order chi connectivity index (χ0) is 16.4. The van der Waals surface area contributed by atoms with Crippen LogP contribution in [0.5, 0.6) is 0 Å². The smallest absolute Gasteiger partial charge is 0.251 e. The van der Waals surface area contributed by atoms with Gasteiger partial charge in [-0.3, -0.25) is 4.79 Å². The van der Waals surface area contributed by atoms with Crippen molar-refractivity contribution in [1.82, 2.24) is 5.32 Å². The van der Waals surface area contributed by atoms with E-state index in [1.54, 1.807) is 0 Å². The maximum Gasteiger partial charge on any atom is 0.251 e. The van der Waals surface area contributed by atoms with Crippen LogP contribution in [0.2, 0.25) is 0 Å². The van der Waals surface area contributed by atoms with Gasteiger partial charge in [0.25, 0.3) is 5.91 Å². The molecular weight excluding hydrogens is 282 g/mol. The van der Waals surface area contributed by atoms with Crippen LogP contribution in [0.4, 0.5) is 0 Å². The number of hydrogen-bond donors (Lipinski definition) is 1. The van der Waals surface area contributed by atoms with E-state index < -0.39 is 0 Å². The SMILES string of the molecule is Cc1ccc(C(=O)N[C@@H](C)c2ccc3c(c2)CCCC3)cc1C. The van der Waals surface area contributed by atoms with E-state index >= 15 is 0 Å². The van der Waals surface area contributed by atoms with E-state index in [0.717, 1.165) is 11.1 Å². The number of benzene rings is 2. The van der Waals surface area contributed by atoms with E-state index in [1.165, 1.54) is 47.9 Å². The zero-order valence-electron chi connectivity index (χ0n) is 14.3. The summed E-state index contributed by atoms with van der Waals surface area (Å²) in [6.45, 7) is 6.16. The van der Waals surface area contributed by atoms with Gasteiger partial charge in [-0.25, -0.2) is 0 Å². The fraction of sp³-hybridized carbons (Fsp3) is 0.381. The molecule has 3 rings (SSSR count). The average Bonchev–Trinajstić information content (AvgIpc) is 2.56. The van der Waals surface area contributed by atoms with Crippen molar-refractivity contribution in [2.45, 2.75) is 52.5 Å². The second-order valence-corrected chi connectivity index (χ2v) is 6.73. The summed E-state index contributed by atoms with van der Waals surface area (Å²) in [6.07, 6.45) is 4.94. The molecule has 1 aliphatic rings. The number of hydrogen-bond acceptors (Lipinski definition) is 1. The van der Waals surface area contributed by atoms with E-state index in [-0.39, 0.29) is 11.9 Å². The third-order valence-electron chi connectivity index (χ3n) is 4.99. The summed E-state index contributed by atoms with van der Waals surface area (Å²) < 4.78 is 0. The Morgan fingerprint density at radius 3 is 2.43 bits per heavy atom. The molecule has 1 N–H and O–H groups in total. The summed E-state index contributed by atoms with van der Waals surface area (Å²) >= 11 is 0. The van der Waals surface area contributed by atoms with Gasteiger partial charge in [0, 0.05) is 5.56 Å². The van der Waals surface area contributed by atoms with Crippen molar-refractivity contribution < 1.29 is 4.79 Å². The van der Waals surface area contributed by atoms with Crippen LogP contribution in [0.15, 0.2) is 36.4 Å². The minimum atomic E-state index is -0.00155. The van der Waals surface area contributed by atoms with Crippen molar-refractivity contribution >= 4 is 5.91 Å². The largest absolute Gasteiger partial charge is 0.346 e. The Morgan fingerprint density at radius 2 is 1.70 bits per heavy atom. The van der Waals surface area contributed by atoms with Gasteiger partial charge in [-0.15, -0.1) is 0 Å². The first-order chi connectivity index (χ1) is 11.0. The molecule has 0 unspecified atom stereocenters. The van der Waals surface area contributed by atoms with Gasteiger partial charge in [0.1, 0.15) is 0 Å². The predicted molar refractivity (Wildman–Crippen MR) is 94.9 cm³/mol. The van der Waals surface area contributed by atoms with Crippen molar-refractivity contribution in [2.24, 2.45) is 0 Å². The zero-order valence-corrected chi connectivity index (χ0v) is 14.3. The monoisotopic (exact) mass is 307 g/mol. The Labute approximate surface area is 138 Å². The van der Waals surface area contributed by atoms with Crippen molar-refractivity contribution in [2.75, 3.05) is 0 Å². The fourth-order valence-electron chi connectivity index (χ4n) is 3.27. The molecule has 1 atom stereocenters. The summed E-state index contributed by atoms with van der Waals surface area (Å²) in [4.78, 5) is 12.5. The van der Waals surface area contributed by atoms with Crippen LogP contribution in [0.1, 0.15) is 64.0 Å². The molecule has 1 aliphatic carbocycles. The van der Waals surface area contributed by atoms with E-state index in [1.807, 2.05) is 25.1 Å². The van der Waals surface area contributed by atoms with Crippen molar-refractivity contribution in [3.05, 3.63) is 69.8 Å². The lowest BCUT2D eigenvalue weighted by atomic mass is 9.89. The van der Waals surface area contributed by atoms with Gasteiger partial charge in [0.15, 0.2) is 0 Å². The van der Waals surface area contributed by atoms with Crippen LogP contribution >= 0.6 is 0 Å². The Kier molecular flexibility index (Phi) is 4.51. The van der Waals surface area contributed by atoms with Gasteiger partial charge in [0.05, 0.1) is 6.04 Å². The molecule has 0 aromatic heterocycles. The molecule has 0 spiro atoms. The molecule has 2 aromatic rings. The van der Waals surface area contributed by atoms with E-state index in [2.05, 4.69) is 37.4 Å².